The van der Waals surface area contributed by atoms with Crippen molar-refractivity contribution in [2.75, 3.05) is 5.73 Å². The summed E-state index contributed by atoms with van der Waals surface area (Å²) in [5.41, 5.74) is 7.75. The summed E-state index contributed by atoms with van der Waals surface area (Å²) in [6, 6.07) is 6.49. The van der Waals surface area contributed by atoms with Crippen molar-refractivity contribution in [3.05, 3.63) is 23.8 Å². The Labute approximate surface area is 103 Å². The molecule has 2 N–H and O–H groups in total. The molecule has 0 unspecified atom stereocenters. The number of aryl methyl sites for hydroxylation is 1. The van der Waals surface area contributed by atoms with Gasteiger partial charge in [0.05, 0.1) is 6.04 Å². The van der Waals surface area contributed by atoms with E-state index >= 15 is 0 Å². The summed E-state index contributed by atoms with van der Waals surface area (Å²) in [4.78, 5) is 1.08. The molecule has 0 radical (unpaired) electrons. The average Bonchev–Trinajstić information content (AvgIpc) is 2.99. The molecule has 1 aliphatic carbocycles. The van der Waals surface area contributed by atoms with Gasteiger partial charge in [0, 0.05) is 10.6 Å². The summed E-state index contributed by atoms with van der Waals surface area (Å²) in [6.45, 7) is 2.03. The normalized spacial score (nSPS) is 15.1. The van der Waals surface area contributed by atoms with E-state index in [0.29, 0.717) is 6.04 Å². The smallest absolute Gasteiger partial charge is 0.214 e. The van der Waals surface area contributed by atoms with Gasteiger partial charge in [-0.05, 0) is 65.7 Å². The highest BCUT2D eigenvalue weighted by molar-refractivity contribution is 7.99. The predicted octanol–water partition coefficient (Wildman–Crippen LogP) is 2.05. The first-order valence-corrected chi connectivity index (χ1v) is 6.37. The van der Waals surface area contributed by atoms with E-state index in [-0.39, 0.29) is 0 Å². The topological polar surface area (TPSA) is 69.6 Å². The molecule has 3 rings (SSSR count). The number of nitrogens with zero attached hydrogens (tertiary/aromatic N) is 4. The fraction of sp³-hybridized carbons (Fsp3) is 0.364. The first kappa shape index (κ1) is 10.6. The quantitative estimate of drug-likeness (QED) is 0.841. The van der Waals surface area contributed by atoms with Crippen LogP contribution in [0.2, 0.25) is 0 Å². The molecule has 5 nitrogen and oxygen atoms in total. The number of anilines is 1. The Balaban J connectivity index is 1.88. The highest BCUT2D eigenvalue weighted by atomic mass is 32.2. The molecule has 0 saturated heterocycles. The molecule has 0 aliphatic heterocycles. The first-order valence-electron chi connectivity index (χ1n) is 5.55. The zero-order valence-corrected chi connectivity index (χ0v) is 10.3. The standard InChI is InChI=1S/C11H13N5S/c1-7-4-8(12)6-10(5-7)17-11-13-14-15-16(11)9-2-3-9/h4-6,9H,2-3,12H2,1H3. The molecular weight excluding hydrogens is 234 g/mol. The predicted molar refractivity (Wildman–Crippen MR) is 65.8 cm³/mol. The third-order valence-corrected chi connectivity index (χ3v) is 3.56. The minimum atomic E-state index is 0.495. The van der Waals surface area contributed by atoms with Gasteiger partial charge >= 0.3 is 0 Å². The van der Waals surface area contributed by atoms with Gasteiger partial charge in [-0.2, -0.15) is 0 Å². The van der Waals surface area contributed by atoms with Crippen LogP contribution in [-0.2, 0) is 0 Å². The molecule has 2 aromatic rings. The van der Waals surface area contributed by atoms with Crippen LogP contribution < -0.4 is 5.73 Å². The third kappa shape index (κ3) is 2.26. The van der Waals surface area contributed by atoms with Crippen molar-refractivity contribution < 1.29 is 0 Å². The molecule has 0 spiro atoms. The summed E-state index contributed by atoms with van der Waals surface area (Å²) < 4.78 is 1.91. The zero-order chi connectivity index (χ0) is 11.8. The molecular formula is C11H13N5S. The van der Waals surface area contributed by atoms with Gasteiger partial charge in [0.25, 0.3) is 0 Å². The number of hydrogen-bond donors (Lipinski definition) is 1. The Kier molecular flexibility index (Phi) is 2.51. The first-order chi connectivity index (χ1) is 8.22. The van der Waals surface area contributed by atoms with Crippen LogP contribution in [-0.4, -0.2) is 20.2 Å². The molecule has 1 aliphatic rings. The van der Waals surface area contributed by atoms with Crippen molar-refractivity contribution >= 4 is 17.4 Å². The molecule has 1 fully saturated rings. The molecule has 88 valence electrons. The molecule has 0 amide bonds. The van der Waals surface area contributed by atoms with Crippen molar-refractivity contribution in [1.29, 1.82) is 0 Å². The van der Waals surface area contributed by atoms with E-state index in [4.69, 9.17) is 5.73 Å². The lowest BCUT2D eigenvalue weighted by Gasteiger charge is -2.04. The number of tetrazole rings is 1. The lowest BCUT2D eigenvalue weighted by atomic mass is 10.2. The van der Waals surface area contributed by atoms with E-state index in [1.165, 1.54) is 12.8 Å². The van der Waals surface area contributed by atoms with Crippen molar-refractivity contribution in [2.24, 2.45) is 0 Å². The van der Waals surface area contributed by atoms with Crippen molar-refractivity contribution in [1.82, 2.24) is 20.2 Å². The molecule has 6 heteroatoms. The number of nitrogen functional groups attached to an aromatic ring is 1. The lowest BCUT2D eigenvalue weighted by Crippen LogP contribution is -1.98. The zero-order valence-electron chi connectivity index (χ0n) is 9.50. The Hall–Kier alpha value is -1.56. The second-order valence-corrected chi connectivity index (χ2v) is 5.36. The molecule has 1 aromatic heterocycles. The number of benzene rings is 1. The van der Waals surface area contributed by atoms with Crippen LogP contribution >= 0.6 is 11.8 Å². The number of nitrogens with two attached hydrogens (primary N) is 1. The van der Waals surface area contributed by atoms with Gasteiger partial charge in [-0.1, -0.05) is 0 Å². The third-order valence-electron chi connectivity index (χ3n) is 2.64. The SMILES string of the molecule is Cc1cc(N)cc(Sc2nnnn2C2CC2)c1. The Morgan fingerprint density at radius 3 is 2.88 bits per heavy atom. The second-order valence-electron chi connectivity index (χ2n) is 4.32. The van der Waals surface area contributed by atoms with Crippen LogP contribution in [0.25, 0.3) is 0 Å². The van der Waals surface area contributed by atoms with Crippen LogP contribution in [0.1, 0.15) is 24.4 Å². The van der Waals surface area contributed by atoms with E-state index in [1.54, 1.807) is 11.8 Å². The highest BCUT2D eigenvalue weighted by Crippen LogP contribution is 2.38. The average molecular weight is 247 g/mol. The van der Waals surface area contributed by atoms with E-state index in [2.05, 4.69) is 21.6 Å². The van der Waals surface area contributed by atoms with E-state index < -0.39 is 0 Å². The molecule has 1 saturated carbocycles. The maximum atomic E-state index is 5.83. The van der Waals surface area contributed by atoms with Crippen LogP contribution in [0, 0.1) is 6.92 Å². The summed E-state index contributed by atoms with van der Waals surface area (Å²) in [7, 11) is 0. The van der Waals surface area contributed by atoms with Gasteiger partial charge < -0.3 is 5.73 Å². The summed E-state index contributed by atoms with van der Waals surface area (Å²) in [5.74, 6) is 0. The summed E-state index contributed by atoms with van der Waals surface area (Å²) in [5, 5.41) is 12.7. The Bertz CT molecular complexity index is 526. The second kappa shape index (κ2) is 4.03. The molecule has 1 heterocycles. The molecule has 0 atom stereocenters. The van der Waals surface area contributed by atoms with E-state index in [0.717, 1.165) is 21.3 Å². The lowest BCUT2D eigenvalue weighted by molar-refractivity contribution is 0.565. The molecule has 0 bridgehead atoms. The van der Waals surface area contributed by atoms with Gasteiger partial charge in [0.1, 0.15) is 0 Å². The van der Waals surface area contributed by atoms with E-state index in [1.807, 2.05) is 23.7 Å². The monoisotopic (exact) mass is 247 g/mol. The van der Waals surface area contributed by atoms with E-state index in [9.17, 15) is 0 Å². The van der Waals surface area contributed by atoms with Crippen LogP contribution in [0.5, 0.6) is 0 Å². The summed E-state index contributed by atoms with van der Waals surface area (Å²) >= 11 is 1.56. The van der Waals surface area contributed by atoms with Crippen molar-refractivity contribution in [2.45, 2.75) is 35.9 Å². The fourth-order valence-electron chi connectivity index (χ4n) is 1.74. The van der Waals surface area contributed by atoms with Crippen molar-refractivity contribution in [3.8, 4) is 0 Å². The number of rotatable bonds is 3. The van der Waals surface area contributed by atoms with Crippen LogP contribution in [0.15, 0.2) is 28.3 Å². The molecule has 1 aromatic carbocycles. The Morgan fingerprint density at radius 2 is 2.18 bits per heavy atom. The maximum absolute atomic E-state index is 5.83. The van der Waals surface area contributed by atoms with Crippen molar-refractivity contribution in [3.63, 3.8) is 0 Å². The number of hydrogen-bond acceptors (Lipinski definition) is 5. The maximum Gasteiger partial charge on any atom is 0.214 e. The van der Waals surface area contributed by atoms with Gasteiger partial charge in [0.2, 0.25) is 5.16 Å². The van der Waals surface area contributed by atoms with Crippen LogP contribution in [0.3, 0.4) is 0 Å². The number of aromatic nitrogens is 4. The van der Waals surface area contributed by atoms with Gasteiger partial charge in [0.15, 0.2) is 0 Å². The largest absolute Gasteiger partial charge is 0.399 e. The Morgan fingerprint density at radius 1 is 1.35 bits per heavy atom. The van der Waals surface area contributed by atoms with Gasteiger partial charge in [-0.3, -0.25) is 0 Å². The minimum Gasteiger partial charge on any atom is -0.399 e. The minimum absolute atomic E-state index is 0.495. The van der Waals surface area contributed by atoms with Gasteiger partial charge in [-0.15, -0.1) is 5.10 Å². The van der Waals surface area contributed by atoms with Gasteiger partial charge in [-0.25, -0.2) is 4.68 Å². The van der Waals surface area contributed by atoms with Crippen LogP contribution in [0.4, 0.5) is 5.69 Å². The highest BCUT2D eigenvalue weighted by Gasteiger charge is 2.28. The fourth-order valence-corrected chi connectivity index (χ4v) is 2.75. The molecule has 17 heavy (non-hydrogen) atoms. The summed E-state index contributed by atoms with van der Waals surface area (Å²) in [6.07, 6.45) is 2.35.